The lowest BCUT2D eigenvalue weighted by atomic mass is 9.95. The van der Waals surface area contributed by atoms with E-state index in [1.807, 2.05) is 29.2 Å². The number of benzene rings is 1. The number of likely N-dealkylation sites (tertiary alicyclic amines) is 1. The maximum absolute atomic E-state index is 12.4. The molecular weight excluding hydrogens is 264 g/mol. The Hall–Kier alpha value is -1.84. The van der Waals surface area contributed by atoms with Gasteiger partial charge in [0, 0.05) is 24.6 Å². The maximum atomic E-state index is 12.4. The van der Waals surface area contributed by atoms with E-state index < -0.39 is 0 Å². The van der Waals surface area contributed by atoms with Gasteiger partial charge in [0.1, 0.15) is 0 Å². The molecule has 1 aliphatic heterocycles. The van der Waals surface area contributed by atoms with E-state index in [9.17, 15) is 9.59 Å². The normalized spacial score (nSPS) is 17.5. The van der Waals surface area contributed by atoms with Gasteiger partial charge in [-0.25, -0.2) is 0 Å². The van der Waals surface area contributed by atoms with Gasteiger partial charge in [-0.05, 0) is 42.9 Å². The summed E-state index contributed by atoms with van der Waals surface area (Å²) in [4.78, 5) is 25.4. The van der Waals surface area contributed by atoms with E-state index in [4.69, 9.17) is 5.73 Å². The second kappa shape index (κ2) is 6.74. The van der Waals surface area contributed by atoms with Gasteiger partial charge in [0.25, 0.3) is 5.91 Å². The standard InChI is InChI=1S/C17H24N2O2/c1-3-12(2)13-4-6-15(7-5-13)17(21)19-10-8-14(9-11-19)16(18)20/h4-7,12,14H,3,8-11H2,1-2H3,(H2,18,20). The number of piperidine rings is 1. The number of nitrogens with zero attached hydrogens (tertiary/aromatic N) is 1. The summed E-state index contributed by atoms with van der Waals surface area (Å²) in [5.41, 5.74) is 7.30. The van der Waals surface area contributed by atoms with Crippen LogP contribution in [0.4, 0.5) is 0 Å². The first-order valence-corrected chi connectivity index (χ1v) is 7.71. The first-order chi connectivity index (χ1) is 10.0. The number of primary amides is 1. The molecule has 0 aliphatic carbocycles. The van der Waals surface area contributed by atoms with Crippen molar-refractivity contribution >= 4 is 11.8 Å². The SMILES string of the molecule is CCC(C)c1ccc(C(=O)N2CCC(C(N)=O)CC2)cc1. The summed E-state index contributed by atoms with van der Waals surface area (Å²) in [5.74, 6) is 0.232. The third kappa shape index (κ3) is 3.63. The molecule has 0 radical (unpaired) electrons. The molecule has 2 N–H and O–H groups in total. The third-order valence-electron chi connectivity index (χ3n) is 4.52. The van der Waals surface area contributed by atoms with Crippen molar-refractivity contribution in [1.29, 1.82) is 0 Å². The van der Waals surface area contributed by atoms with Crippen LogP contribution in [-0.4, -0.2) is 29.8 Å². The smallest absolute Gasteiger partial charge is 0.253 e. The van der Waals surface area contributed by atoms with Gasteiger partial charge in [0.05, 0.1) is 0 Å². The van der Waals surface area contributed by atoms with Gasteiger partial charge >= 0.3 is 0 Å². The molecule has 1 unspecified atom stereocenters. The van der Waals surface area contributed by atoms with Crippen LogP contribution in [0.3, 0.4) is 0 Å². The number of rotatable bonds is 4. The topological polar surface area (TPSA) is 63.4 Å². The summed E-state index contributed by atoms with van der Waals surface area (Å²) in [6.45, 7) is 5.57. The van der Waals surface area contributed by atoms with Crippen LogP contribution < -0.4 is 5.73 Å². The predicted octanol–water partition coefficient (Wildman–Crippen LogP) is 2.54. The van der Waals surface area contributed by atoms with Crippen LogP contribution in [-0.2, 0) is 4.79 Å². The van der Waals surface area contributed by atoms with Crippen LogP contribution >= 0.6 is 0 Å². The van der Waals surface area contributed by atoms with Gasteiger partial charge in [-0.3, -0.25) is 9.59 Å². The van der Waals surface area contributed by atoms with Crippen molar-refractivity contribution < 1.29 is 9.59 Å². The van der Waals surface area contributed by atoms with Crippen molar-refractivity contribution in [3.8, 4) is 0 Å². The molecule has 2 rings (SSSR count). The Morgan fingerprint density at radius 3 is 2.29 bits per heavy atom. The summed E-state index contributed by atoms with van der Waals surface area (Å²) < 4.78 is 0. The zero-order valence-corrected chi connectivity index (χ0v) is 12.8. The minimum atomic E-state index is -0.250. The Labute approximate surface area is 126 Å². The molecule has 0 bridgehead atoms. The Kier molecular flexibility index (Phi) is 4.99. The molecule has 0 aromatic heterocycles. The lowest BCUT2D eigenvalue weighted by Crippen LogP contribution is -2.41. The summed E-state index contributed by atoms with van der Waals surface area (Å²) in [7, 11) is 0. The minimum Gasteiger partial charge on any atom is -0.369 e. The lowest BCUT2D eigenvalue weighted by molar-refractivity contribution is -0.123. The molecule has 21 heavy (non-hydrogen) atoms. The monoisotopic (exact) mass is 288 g/mol. The molecule has 1 atom stereocenters. The maximum Gasteiger partial charge on any atom is 0.253 e. The highest BCUT2D eigenvalue weighted by atomic mass is 16.2. The highest BCUT2D eigenvalue weighted by Crippen LogP contribution is 2.21. The fourth-order valence-corrected chi connectivity index (χ4v) is 2.74. The fraction of sp³-hybridized carbons (Fsp3) is 0.529. The van der Waals surface area contributed by atoms with E-state index in [1.165, 1.54) is 5.56 Å². The number of amides is 2. The van der Waals surface area contributed by atoms with E-state index in [2.05, 4.69) is 13.8 Å². The van der Waals surface area contributed by atoms with Crippen LogP contribution in [0.15, 0.2) is 24.3 Å². The number of nitrogens with two attached hydrogens (primary N) is 1. The predicted molar refractivity (Wildman–Crippen MR) is 83.0 cm³/mol. The number of hydrogen-bond donors (Lipinski definition) is 1. The van der Waals surface area contributed by atoms with Crippen LogP contribution in [0.2, 0.25) is 0 Å². The van der Waals surface area contributed by atoms with Crippen LogP contribution in [0.25, 0.3) is 0 Å². The second-order valence-electron chi connectivity index (χ2n) is 5.90. The van der Waals surface area contributed by atoms with Gasteiger partial charge in [0.15, 0.2) is 0 Å². The molecule has 0 saturated carbocycles. The molecule has 4 heteroatoms. The van der Waals surface area contributed by atoms with Crippen LogP contribution in [0.5, 0.6) is 0 Å². The lowest BCUT2D eigenvalue weighted by Gasteiger charge is -2.30. The average Bonchev–Trinajstić information content (AvgIpc) is 2.53. The van der Waals surface area contributed by atoms with Crippen molar-refractivity contribution in [1.82, 2.24) is 4.90 Å². The van der Waals surface area contributed by atoms with Crippen LogP contribution in [0, 0.1) is 5.92 Å². The van der Waals surface area contributed by atoms with Crippen molar-refractivity contribution in [2.75, 3.05) is 13.1 Å². The van der Waals surface area contributed by atoms with E-state index in [1.54, 1.807) is 0 Å². The van der Waals surface area contributed by atoms with Gasteiger partial charge in [-0.1, -0.05) is 26.0 Å². The molecule has 0 spiro atoms. The Balaban J connectivity index is 1.99. The van der Waals surface area contributed by atoms with E-state index in [0.717, 1.165) is 12.0 Å². The van der Waals surface area contributed by atoms with E-state index >= 15 is 0 Å². The molecule has 2 amide bonds. The van der Waals surface area contributed by atoms with Crippen molar-refractivity contribution in [2.24, 2.45) is 11.7 Å². The largest absolute Gasteiger partial charge is 0.369 e. The summed E-state index contributed by atoms with van der Waals surface area (Å²) in [6, 6.07) is 7.89. The minimum absolute atomic E-state index is 0.0496. The Morgan fingerprint density at radius 2 is 1.81 bits per heavy atom. The summed E-state index contributed by atoms with van der Waals surface area (Å²) in [6.07, 6.45) is 2.44. The highest BCUT2D eigenvalue weighted by Gasteiger charge is 2.26. The van der Waals surface area contributed by atoms with Crippen molar-refractivity contribution in [3.05, 3.63) is 35.4 Å². The zero-order valence-electron chi connectivity index (χ0n) is 12.8. The second-order valence-corrected chi connectivity index (χ2v) is 5.90. The number of carbonyl (C=O) groups excluding carboxylic acids is 2. The first-order valence-electron chi connectivity index (χ1n) is 7.71. The number of hydrogen-bond acceptors (Lipinski definition) is 2. The van der Waals surface area contributed by atoms with Crippen molar-refractivity contribution in [2.45, 2.75) is 39.0 Å². The average molecular weight is 288 g/mol. The summed E-state index contributed by atoms with van der Waals surface area (Å²) in [5, 5.41) is 0. The van der Waals surface area contributed by atoms with Gasteiger partial charge in [-0.2, -0.15) is 0 Å². The Morgan fingerprint density at radius 1 is 1.24 bits per heavy atom. The quantitative estimate of drug-likeness (QED) is 0.925. The molecular formula is C17H24N2O2. The molecule has 1 saturated heterocycles. The Bertz CT molecular complexity index is 502. The van der Waals surface area contributed by atoms with Crippen LogP contribution in [0.1, 0.15) is 54.9 Å². The number of carbonyl (C=O) groups is 2. The molecule has 1 aromatic rings. The highest BCUT2D eigenvalue weighted by molar-refractivity contribution is 5.94. The molecule has 4 nitrogen and oxygen atoms in total. The van der Waals surface area contributed by atoms with E-state index in [-0.39, 0.29) is 17.7 Å². The fourth-order valence-electron chi connectivity index (χ4n) is 2.74. The first kappa shape index (κ1) is 15.5. The molecule has 1 fully saturated rings. The van der Waals surface area contributed by atoms with Crippen molar-refractivity contribution in [3.63, 3.8) is 0 Å². The zero-order chi connectivity index (χ0) is 15.4. The van der Waals surface area contributed by atoms with Gasteiger partial charge < -0.3 is 10.6 Å². The molecule has 1 heterocycles. The third-order valence-corrected chi connectivity index (χ3v) is 4.52. The molecule has 1 aliphatic rings. The van der Waals surface area contributed by atoms with E-state index in [0.29, 0.717) is 31.8 Å². The summed E-state index contributed by atoms with van der Waals surface area (Å²) >= 11 is 0. The van der Waals surface area contributed by atoms with Gasteiger partial charge in [0.2, 0.25) is 5.91 Å². The van der Waals surface area contributed by atoms with Gasteiger partial charge in [-0.15, -0.1) is 0 Å². The molecule has 114 valence electrons. The molecule has 1 aromatic carbocycles.